The Morgan fingerprint density at radius 3 is 2.73 bits per heavy atom. The van der Waals surface area contributed by atoms with Crippen molar-refractivity contribution in [3.63, 3.8) is 0 Å². The predicted octanol–water partition coefficient (Wildman–Crippen LogP) is 1.86. The van der Waals surface area contributed by atoms with E-state index in [0.717, 1.165) is 6.07 Å². The van der Waals surface area contributed by atoms with Crippen LogP contribution >= 0.6 is 11.6 Å². The van der Waals surface area contributed by atoms with Gasteiger partial charge in [-0.15, -0.1) is 11.6 Å². The zero-order chi connectivity index (χ0) is 11.3. The van der Waals surface area contributed by atoms with Gasteiger partial charge in [0, 0.05) is 12.6 Å². The highest BCUT2D eigenvalue weighted by molar-refractivity contribution is 6.27. The van der Waals surface area contributed by atoms with Gasteiger partial charge in [-0.2, -0.15) is 0 Å². The van der Waals surface area contributed by atoms with Crippen LogP contribution in [0.3, 0.4) is 0 Å². The molecule has 0 bridgehead atoms. The summed E-state index contributed by atoms with van der Waals surface area (Å²) in [7, 11) is 0. The van der Waals surface area contributed by atoms with Gasteiger partial charge in [0.15, 0.2) is 0 Å². The minimum Gasteiger partial charge on any atom is -0.355 e. The Kier molecular flexibility index (Phi) is 4.49. The average molecular weight is 234 g/mol. The number of hydrogen-bond acceptors (Lipinski definition) is 1. The molecule has 0 saturated carbocycles. The van der Waals surface area contributed by atoms with Crippen LogP contribution in [-0.2, 0) is 11.2 Å². The van der Waals surface area contributed by atoms with Crippen molar-refractivity contribution in [2.24, 2.45) is 0 Å². The zero-order valence-corrected chi connectivity index (χ0v) is 8.65. The van der Waals surface area contributed by atoms with E-state index in [2.05, 4.69) is 5.32 Å². The minimum atomic E-state index is -0.610. The van der Waals surface area contributed by atoms with Crippen molar-refractivity contribution in [2.45, 2.75) is 6.42 Å². The van der Waals surface area contributed by atoms with Gasteiger partial charge in [-0.25, -0.2) is 8.78 Å². The number of alkyl halides is 1. The van der Waals surface area contributed by atoms with Crippen molar-refractivity contribution in [1.82, 2.24) is 5.32 Å². The summed E-state index contributed by atoms with van der Waals surface area (Å²) in [5, 5.41) is 2.49. The van der Waals surface area contributed by atoms with Gasteiger partial charge in [0.05, 0.1) is 0 Å². The molecule has 2 nitrogen and oxygen atoms in total. The Labute approximate surface area is 91.2 Å². The summed E-state index contributed by atoms with van der Waals surface area (Å²) in [5.41, 5.74) is 0.367. The molecule has 0 aromatic heterocycles. The first-order chi connectivity index (χ1) is 7.13. The molecule has 5 heteroatoms. The Hall–Kier alpha value is -1.16. The van der Waals surface area contributed by atoms with Crippen LogP contribution in [0.5, 0.6) is 0 Å². The summed E-state index contributed by atoms with van der Waals surface area (Å²) in [4.78, 5) is 10.7. The molecule has 1 aromatic carbocycles. The molecule has 0 aliphatic carbocycles. The Morgan fingerprint density at radius 1 is 1.40 bits per heavy atom. The van der Waals surface area contributed by atoms with Crippen molar-refractivity contribution in [1.29, 1.82) is 0 Å². The minimum absolute atomic E-state index is 0.119. The molecule has 82 valence electrons. The quantitative estimate of drug-likeness (QED) is 0.791. The maximum atomic E-state index is 13.1. The number of amides is 1. The first-order valence-electron chi connectivity index (χ1n) is 4.40. The molecule has 0 radical (unpaired) electrons. The van der Waals surface area contributed by atoms with Gasteiger partial charge in [-0.1, -0.05) is 6.07 Å². The predicted molar refractivity (Wildman–Crippen MR) is 53.8 cm³/mol. The van der Waals surface area contributed by atoms with Crippen molar-refractivity contribution in [3.8, 4) is 0 Å². The van der Waals surface area contributed by atoms with E-state index in [1.54, 1.807) is 0 Å². The van der Waals surface area contributed by atoms with Gasteiger partial charge in [-0.3, -0.25) is 4.79 Å². The number of carbonyl (C=O) groups is 1. The van der Waals surface area contributed by atoms with E-state index in [0.29, 0.717) is 12.0 Å². The van der Waals surface area contributed by atoms with E-state index in [1.807, 2.05) is 0 Å². The van der Waals surface area contributed by atoms with Crippen LogP contribution < -0.4 is 5.32 Å². The van der Waals surface area contributed by atoms with Crippen molar-refractivity contribution >= 4 is 17.5 Å². The summed E-state index contributed by atoms with van der Waals surface area (Å²) in [6, 6.07) is 3.36. The molecule has 0 aliphatic heterocycles. The second-order valence-corrected chi connectivity index (χ2v) is 3.24. The third-order valence-electron chi connectivity index (χ3n) is 1.85. The molecule has 0 atom stereocenters. The van der Waals surface area contributed by atoms with Gasteiger partial charge >= 0.3 is 0 Å². The zero-order valence-electron chi connectivity index (χ0n) is 7.90. The number of nitrogens with one attached hydrogen (secondary N) is 1. The third kappa shape index (κ3) is 3.83. The maximum Gasteiger partial charge on any atom is 0.234 e. The largest absolute Gasteiger partial charge is 0.355 e. The smallest absolute Gasteiger partial charge is 0.234 e. The second-order valence-electron chi connectivity index (χ2n) is 2.97. The molecule has 0 unspecified atom stereocenters. The van der Waals surface area contributed by atoms with Crippen LogP contribution in [0.4, 0.5) is 8.78 Å². The third-order valence-corrected chi connectivity index (χ3v) is 2.10. The van der Waals surface area contributed by atoms with Gasteiger partial charge in [0.25, 0.3) is 0 Å². The molecule has 1 aromatic rings. The van der Waals surface area contributed by atoms with Crippen LogP contribution in [0.15, 0.2) is 18.2 Å². The second kappa shape index (κ2) is 5.66. The summed E-state index contributed by atoms with van der Waals surface area (Å²) >= 11 is 5.25. The lowest BCUT2D eigenvalue weighted by atomic mass is 10.1. The first kappa shape index (κ1) is 11.9. The topological polar surface area (TPSA) is 29.1 Å². The average Bonchev–Trinajstić information content (AvgIpc) is 2.21. The Morgan fingerprint density at radius 2 is 2.13 bits per heavy atom. The fourth-order valence-electron chi connectivity index (χ4n) is 1.11. The lowest BCUT2D eigenvalue weighted by Gasteiger charge is -2.04. The van der Waals surface area contributed by atoms with E-state index in [4.69, 9.17) is 11.6 Å². The van der Waals surface area contributed by atoms with E-state index in [9.17, 15) is 13.6 Å². The molecule has 0 spiro atoms. The van der Waals surface area contributed by atoms with Crippen molar-refractivity contribution in [2.75, 3.05) is 12.4 Å². The van der Waals surface area contributed by atoms with Crippen molar-refractivity contribution in [3.05, 3.63) is 35.4 Å². The lowest BCUT2D eigenvalue weighted by molar-refractivity contribution is -0.118. The Bertz CT molecular complexity index is 357. The van der Waals surface area contributed by atoms with Crippen LogP contribution in [0.25, 0.3) is 0 Å². The highest BCUT2D eigenvalue weighted by Crippen LogP contribution is 2.09. The lowest BCUT2D eigenvalue weighted by Crippen LogP contribution is -2.26. The van der Waals surface area contributed by atoms with Crippen molar-refractivity contribution < 1.29 is 13.6 Å². The van der Waals surface area contributed by atoms with E-state index < -0.39 is 11.6 Å². The SMILES string of the molecule is O=C(CCl)NCCc1ccc(F)cc1F. The first-order valence-corrected chi connectivity index (χ1v) is 4.93. The van der Waals surface area contributed by atoms with Gasteiger partial charge in [0.1, 0.15) is 17.5 Å². The summed E-state index contributed by atoms with van der Waals surface area (Å²) in [6.45, 7) is 0.286. The molecule has 1 N–H and O–H groups in total. The van der Waals surface area contributed by atoms with E-state index in [-0.39, 0.29) is 18.3 Å². The number of rotatable bonds is 4. The number of halogens is 3. The summed E-state index contributed by atoms with van der Waals surface area (Å²) < 4.78 is 25.6. The molecule has 1 amide bonds. The molecule has 0 saturated heterocycles. The molecule has 0 heterocycles. The van der Waals surface area contributed by atoms with Crippen LogP contribution in [0.1, 0.15) is 5.56 Å². The van der Waals surface area contributed by atoms with Crippen LogP contribution in [0.2, 0.25) is 0 Å². The molecule has 15 heavy (non-hydrogen) atoms. The van der Waals surface area contributed by atoms with Gasteiger partial charge in [0.2, 0.25) is 5.91 Å². The van der Waals surface area contributed by atoms with E-state index >= 15 is 0 Å². The van der Waals surface area contributed by atoms with E-state index in [1.165, 1.54) is 12.1 Å². The molecule has 0 fully saturated rings. The molecular weight excluding hydrogens is 224 g/mol. The molecule has 0 aliphatic rings. The summed E-state index contributed by atoms with van der Waals surface area (Å²) in [6.07, 6.45) is 0.314. The highest BCUT2D eigenvalue weighted by atomic mass is 35.5. The van der Waals surface area contributed by atoms with Crippen LogP contribution in [-0.4, -0.2) is 18.3 Å². The number of hydrogen-bond donors (Lipinski definition) is 1. The molecular formula is C10H10ClF2NO. The fourth-order valence-corrected chi connectivity index (χ4v) is 1.20. The standard InChI is InChI=1S/C10H10ClF2NO/c11-6-10(15)14-4-3-7-1-2-8(12)5-9(7)13/h1-2,5H,3-4,6H2,(H,14,15). The number of carbonyl (C=O) groups excluding carboxylic acids is 1. The fraction of sp³-hybridized carbons (Fsp3) is 0.300. The summed E-state index contributed by atoms with van der Waals surface area (Å²) in [5.74, 6) is -1.64. The molecule has 1 rings (SSSR count). The maximum absolute atomic E-state index is 13.1. The number of benzene rings is 1. The highest BCUT2D eigenvalue weighted by Gasteiger charge is 2.04. The monoisotopic (exact) mass is 233 g/mol. The van der Waals surface area contributed by atoms with Gasteiger partial charge in [-0.05, 0) is 18.1 Å². The normalized spacial score (nSPS) is 10.1. The van der Waals surface area contributed by atoms with Crippen LogP contribution in [0, 0.1) is 11.6 Å². The van der Waals surface area contributed by atoms with Gasteiger partial charge < -0.3 is 5.32 Å². The Balaban J connectivity index is 2.47.